The smallest absolute Gasteiger partial charge is 0.310 e. The largest absolute Gasteiger partial charge is 0.477 e. The minimum Gasteiger partial charge on any atom is -0.477 e. The summed E-state index contributed by atoms with van der Waals surface area (Å²) in [5, 5.41) is 13.7. The van der Waals surface area contributed by atoms with Gasteiger partial charge in [-0.05, 0) is 11.6 Å². The molecule has 1 heterocycles. The fourth-order valence-electron chi connectivity index (χ4n) is 2.73. The number of rotatable bonds is 9. The summed E-state index contributed by atoms with van der Waals surface area (Å²) in [6.07, 6.45) is 4.20. The Morgan fingerprint density at radius 3 is 2.68 bits per heavy atom. The molecule has 2 aromatic carbocycles. The normalized spacial score (nSPS) is 10.4. The second-order valence-corrected chi connectivity index (χ2v) is 6.07. The highest BCUT2D eigenvalue weighted by molar-refractivity contribution is 5.77. The topological polar surface area (TPSA) is 99.3 Å². The SMILES string of the molecule is O=C(COc1ccccc1[N+](=O)[O-])NCCc1nccn1Cc1ccccc1. The second-order valence-electron chi connectivity index (χ2n) is 6.07. The molecule has 0 atom stereocenters. The van der Waals surface area contributed by atoms with Gasteiger partial charge in [0, 0.05) is 38.0 Å². The number of nitro groups is 1. The third-order valence-electron chi connectivity index (χ3n) is 4.09. The van der Waals surface area contributed by atoms with E-state index in [1.165, 1.54) is 17.7 Å². The molecule has 0 unspecified atom stereocenters. The van der Waals surface area contributed by atoms with Crippen LogP contribution in [0.25, 0.3) is 0 Å². The van der Waals surface area contributed by atoms with Crippen molar-refractivity contribution in [2.75, 3.05) is 13.2 Å². The summed E-state index contributed by atoms with van der Waals surface area (Å²) in [4.78, 5) is 26.7. The lowest BCUT2D eigenvalue weighted by Gasteiger charge is -2.10. The zero-order valence-corrected chi connectivity index (χ0v) is 15.2. The van der Waals surface area contributed by atoms with Crippen molar-refractivity contribution >= 4 is 11.6 Å². The van der Waals surface area contributed by atoms with Gasteiger partial charge in [-0.2, -0.15) is 0 Å². The maximum Gasteiger partial charge on any atom is 0.310 e. The van der Waals surface area contributed by atoms with Crippen LogP contribution in [0.2, 0.25) is 0 Å². The van der Waals surface area contributed by atoms with Crippen LogP contribution in [0, 0.1) is 10.1 Å². The van der Waals surface area contributed by atoms with Crippen LogP contribution in [0.15, 0.2) is 67.0 Å². The van der Waals surface area contributed by atoms with E-state index in [-0.39, 0.29) is 24.0 Å². The van der Waals surface area contributed by atoms with Crippen LogP contribution in [0.5, 0.6) is 5.75 Å². The Kier molecular flexibility index (Phi) is 6.35. The maximum absolute atomic E-state index is 12.0. The molecule has 144 valence electrons. The number of benzene rings is 2. The van der Waals surface area contributed by atoms with E-state index in [1.807, 2.05) is 41.1 Å². The average molecular weight is 380 g/mol. The van der Waals surface area contributed by atoms with Crippen molar-refractivity contribution < 1.29 is 14.5 Å². The van der Waals surface area contributed by atoms with Crippen molar-refractivity contribution in [3.05, 3.63) is 88.5 Å². The van der Waals surface area contributed by atoms with Crippen LogP contribution < -0.4 is 10.1 Å². The van der Waals surface area contributed by atoms with E-state index in [1.54, 1.807) is 18.3 Å². The van der Waals surface area contributed by atoms with Gasteiger partial charge in [0.25, 0.3) is 5.91 Å². The monoisotopic (exact) mass is 380 g/mol. The molecule has 1 amide bonds. The molecule has 3 aromatic rings. The summed E-state index contributed by atoms with van der Waals surface area (Å²) in [6.45, 7) is 0.819. The Hall–Kier alpha value is -3.68. The van der Waals surface area contributed by atoms with Crippen LogP contribution in [-0.2, 0) is 17.8 Å². The molecule has 0 bridgehead atoms. The van der Waals surface area contributed by atoms with Gasteiger partial charge < -0.3 is 14.6 Å². The molecule has 8 nitrogen and oxygen atoms in total. The minimum atomic E-state index is -0.542. The Balaban J connectivity index is 1.46. The predicted molar refractivity (Wildman–Crippen MR) is 103 cm³/mol. The number of aromatic nitrogens is 2. The van der Waals surface area contributed by atoms with Gasteiger partial charge in [0.15, 0.2) is 12.4 Å². The quantitative estimate of drug-likeness (QED) is 0.454. The van der Waals surface area contributed by atoms with E-state index >= 15 is 0 Å². The van der Waals surface area contributed by atoms with Gasteiger partial charge in [-0.3, -0.25) is 14.9 Å². The van der Waals surface area contributed by atoms with Crippen LogP contribution >= 0.6 is 0 Å². The number of carbonyl (C=O) groups excluding carboxylic acids is 1. The number of nitro benzene ring substituents is 1. The number of para-hydroxylation sites is 2. The van der Waals surface area contributed by atoms with Crippen molar-refractivity contribution in [2.45, 2.75) is 13.0 Å². The van der Waals surface area contributed by atoms with Gasteiger partial charge in [0.2, 0.25) is 0 Å². The van der Waals surface area contributed by atoms with Crippen molar-refractivity contribution in [1.82, 2.24) is 14.9 Å². The Morgan fingerprint density at radius 2 is 1.89 bits per heavy atom. The number of amides is 1. The summed E-state index contributed by atoms with van der Waals surface area (Å²) >= 11 is 0. The molecule has 8 heteroatoms. The van der Waals surface area contributed by atoms with Crippen molar-refractivity contribution in [1.29, 1.82) is 0 Å². The van der Waals surface area contributed by atoms with Crippen LogP contribution in [0.1, 0.15) is 11.4 Å². The number of hydrogen-bond acceptors (Lipinski definition) is 5. The molecule has 0 aliphatic carbocycles. The molecular formula is C20H20N4O4. The first-order valence-corrected chi connectivity index (χ1v) is 8.80. The number of nitrogens with zero attached hydrogens (tertiary/aromatic N) is 3. The van der Waals surface area contributed by atoms with Crippen molar-refractivity contribution in [2.24, 2.45) is 0 Å². The lowest BCUT2D eigenvalue weighted by atomic mass is 10.2. The Labute approximate surface area is 161 Å². The first-order chi connectivity index (χ1) is 13.6. The molecule has 1 N–H and O–H groups in total. The third-order valence-corrected chi connectivity index (χ3v) is 4.09. The molecule has 0 aliphatic heterocycles. The molecule has 28 heavy (non-hydrogen) atoms. The summed E-state index contributed by atoms with van der Waals surface area (Å²) in [6, 6.07) is 16.0. The predicted octanol–water partition coefficient (Wildman–Crippen LogP) is 2.58. The zero-order chi connectivity index (χ0) is 19.8. The average Bonchev–Trinajstić information content (AvgIpc) is 3.14. The highest BCUT2D eigenvalue weighted by Crippen LogP contribution is 2.25. The molecule has 1 aromatic heterocycles. The van der Waals surface area contributed by atoms with Gasteiger partial charge in [-0.15, -0.1) is 0 Å². The summed E-state index contributed by atoms with van der Waals surface area (Å²) in [5.74, 6) is 0.587. The standard InChI is InChI=1S/C20H20N4O4/c25-20(15-28-18-9-5-4-8-17(18)24(26)27)22-11-10-19-21-12-13-23(19)14-16-6-2-1-3-7-16/h1-9,12-13H,10-11,14-15H2,(H,22,25). The van der Waals surface area contributed by atoms with Gasteiger partial charge in [-0.1, -0.05) is 42.5 Å². The molecule has 0 saturated carbocycles. The molecular weight excluding hydrogens is 360 g/mol. The number of imidazole rings is 1. The van der Waals surface area contributed by atoms with E-state index in [0.717, 1.165) is 5.82 Å². The Bertz CT molecular complexity index is 940. The van der Waals surface area contributed by atoms with Crippen LogP contribution in [0.4, 0.5) is 5.69 Å². The third kappa shape index (κ3) is 5.16. The number of hydrogen-bond donors (Lipinski definition) is 1. The van der Waals surface area contributed by atoms with E-state index in [9.17, 15) is 14.9 Å². The van der Waals surface area contributed by atoms with E-state index in [4.69, 9.17) is 4.74 Å². The highest BCUT2D eigenvalue weighted by atomic mass is 16.6. The fraction of sp³-hybridized carbons (Fsp3) is 0.200. The van der Waals surface area contributed by atoms with Crippen molar-refractivity contribution in [3.63, 3.8) is 0 Å². The van der Waals surface area contributed by atoms with Gasteiger partial charge >= 0.3 is 5.69 Å². The first-order valence-electron chi connectivity index (χ1n) is 8.80. The van der Waals surface area contributed by atoms with Gasteiger partial charge in [0.05, 0.1) is 4.92 Å². The molecule has 3 rings (SSSR count). The fourth-order valence-corrected chi connectivity index (χ4v) is 2.73. The maximum atomic E-state index is 12.0. The number of carbonyl (C=O) groups is 1. The number of ether oxygens (including phenoxy) is 1. The molecule has 0 aliphatic rings. The lowest BCUT2D eigenvalue weighted by Crippen LogP contribution is -2.31. The first kappa shape index (κ1) is 19.1. The molecule has 0 radical (unpaired) electrons. The summed E-state index contributed by atoms with van der Waals surface area (Å²) in [7, 11) is 0. The number of nitrogens with one attached hydrogen (secondary N) is 1. The van der Waals surface area contributed by atoms with E-state index in [0.29, 0.717) is 19.5 Å². The zero-order valence-electron chi connectivity index (χ0n) is 15.2. The second kappa shape index (κ2) is 9.31. The highest BCUT2D eigenvalue weighted by Gasteiger charge is 2.14. The summed E-state index contributed by atoms with van der Waals surface area (Å²) < 4.78 is 7.31. The van der Waals surface area contributed by atoms with Gasteiger partial charge in [0.1, 0.15) is 5.82 Å². The van der Waals surface area contributed by atoms with Crippen LogP contribution in [0.3, 0.4) is 0 Å². The molecule has 0 fully saturated rings. The molecule has 0 saturated heterocycles. The van der Waals surface area contributed by atoms with Crippen molar-refractivity contribution in [3.8, 4) is 5.75 Å². The van der Waals surface area contributed by atoms with E-state index < -0.39 is 4.92 Å². The van der Waals surface area contributed by atoms with Gasteiger partial charge in [-0.25, -0.2) is 4.98 Å². The van der Waals surface area contributed by atoms with E-state index in [2.05, 4.69) is 10.3 Å². The Morgan fingerprint density at radius 1 is 1.14 bits per heavy atom. The minimum absolute atomic E-state index is 0.0704. The lowest BCUT2D eigenvalue weighted by molar-refractivity contribution is -0.385. The molecule has 0 spiro atoms. The summed E-state index contributed by atoms with van der Waals surface area (Å²) in [5.41, 5.74) is 1.00. The van der Waals surface area contributed by atoms with Crippen LogP contribution in [-0.4, -0.2) is 33.5 Å².